The molecule has 0 fully saturated rings. The molecule has 0 bridgehead atoms. The van der Waals surface area contributed by atoms with Crippen LogP contribution < -0.4 is 0 Å². The zero-order valence-electron chi connectivity index (χ0n) is 12.2. The van der Waals surface area contributed by atoms with Crippen LogP contribution in [0.5, 0.6) is 0 Å². The van der Waals surface area contributed by atoms with Gasteiger partial charge in [-0.15, -0.1) is 0 Å². The van der Waals surface area contributed by atoms with Crippen LogP contribution in [0.4, 0.5) is 0 Å². The lowest BCUT2D eigenvalue weighted by molar-refractivity contribution is -0.138. The van der Waals surface area contributed by atoms with Crippen LogP contribution in [0.2, 0.25) is 0 Å². The third kappa shape index (κ3) is 4.68. The maximum Gasteiger partial charge on any atom is 0.317 e. The molecule has 0 saturated heterocycles. The highest BCUT2D eigenvalue weighted by molar-refractivity contribution is 5.69. The van der Waals surface area contributed by atoms with Crippen LogP contribution >= 0.6 is 0 Å². The molecular formula is C17H20N2O2. The zero-order valence-corrected chi connectivity index (χ0v) is 12.2. The van der Waals surface area contributed by atoms with E-state index in [-0.39, 0.29) is 6.54 Å². The van der Waals surface area contributed by atoms with Gasteiger partial charge in [0.2, 0.25) is 0 Å². The summed E-state index contributed by atoms with van der Waals surface area (Å²) in [7, 11) is 0. The van der Waals surface area contributed by atoms with Crippen molar-refractivity contribution in [2.75, 3.05) is 13.1 Å². The van der Waals surface area contributed by atoms with E-state index in [0.29, 0.717) is 6.54 Å². The summed E-state index contributed by atoms with van der Waals surface area (Å²) in [5.41, 5.74) is 3.09. The van der Waals surface area contributed by atoms with Crippen molar-refractivity contribution in [1.29, 1.82) is 0 Å². The first kappa shape index (κ1) is 15.2. The topological polar surface area (TPSA) is 53.4 Å². The van der Waals surface area contributed by atoms with Gasteiger partial charge < -0.3 is 5.11 Å². The molecule has 1 heterocycles. The lowest BCUT2D eigenvalue weighted by Gasteiger charge is -2.19. The molecule has 0 radical (unpaired) electrons. The van der Waals surface area contributed by atoms with E-state index in [1.807, 2.05) is 41.3 Å². The summed E-state index contributed by atoms with van der Waals surface area (Å²) in [6, 6.07) is 13.9. The molecule has 0 unspecified atom stereocenters. The van der Waals surface area contributed by atoms with Crippen molar-refractivity contribution < 1.29 is 9.90 Å². The molecule has 21 heavy (non-hydrogen) atoms. The van der Waals surface area contributed by atoms with Gasteiger partial charge in [0.1, 0.15) is 0 Å². The van der Waals surface area contributed by atoms with Crippen molar-refractivity contribution in [1.82, 2.24) is 9.88 Å². The molecule has 4 heteroatoms. The predicted octanol–water partition coefficient (Wildman–Crippen LogP) is 3.05. The van der Waals surface area contributed by atoms with Crippen molar-refractivity contribution in [2.24, 2.45) is 0 Å². The number of aliphatic carboxylic acids is 1. The summed E-state index contributed by atoms with van der Waals surface area (Å²) in [5, 5.41) is 8.97. The van der Waals surface area contributed by atoms with Gasteiger partial charge in [-0.2, -0.15) is 0 Å². The van der Waals surface area contributed by atoms with Gasteiger partial charge in [-0.3, -0.25) is 14.7 Å². The largest absolute Gasteiger partial charge is 0.480 e. The van der Waals surface area contributed by atoms with Crippen LogP contribution in [0, 0.1) is 0 Å². The number of hydrogen-bond acceptors (Lipinski definition) is 3. The van der Waals surface area contributed by atoms with E-state index in [4.69, 9.17) is 5.11 Å². The minimum Gasteiger partial charge on any atom is -0.480 e. The number of carbonyl (C=O) groups is 1. The summed E-state index contributed by atoms with van der Waals surface area (Å²) in [6.07, 6.45) is 2.71. The van der Waals surface area contributed by atoms with Crippen LogP contribution in [0.25, 0.3) is 11.3 Å². The van der Waals surface area contributed by atoms with Gasteiger partial charge in [-0.25, -0.2) is 0 Å². The van der Waals surface area contributed by atoms with E-state index >= 15 is 0 Å². The normalized spacial score (nSPS) is 10.8. The van der Waals surface area contributed by atoms with Crippen LogP contribution in [-0.4, -0.2) is 34.0 Å². The van der Waals surface area contributed by atoms with Gasteiger partial charge in [-0.05, 0) is 36.7 Å². The van der Waals surface area contributed by atoms with Crippen molar-refractivity contribution >= 4 is 5.97 Å². The van der Waals surface area contributed by atoms with Crippen LogP contribution in [0.3, 0.4) is 0 Å². The number of aromatic nitrogens is 1. The highest BCUT2D eigenvalue weighted by Crippen LogP contribution is 2.18. The molecule has 0 aliphatic rings. The van der Waals surface area contributed by atoms with Gasteiger partial charge in [0.15, 0.2) is 0 Å². The Balaban J connectivity index is 2.15. The third-order valence-electron chi connectivity index (χ3n) is 3.19. The first-order chi connectivity index (χ1) is 10.2. The number of carboxylic acid groups (broad SMARTS) is 1. The highest BCUT2D eigenvalue weighted by Gasteiger charge is 2.10. The fraction of sp³-hybridized carbons (Fsp3) is 0.294. The second-order valence-corrected chi connectivity index (χ2v) is 5.02. The average Bonchev–Trinajstić information content (AvgIpc) is 2.48. The Bertz CT molecular complexity index is 584. The molecule has 2 aromatic rings. The molecule has 0 amide bonds. The van der Waals surface area contributed by atoms with E-state index in [9.17, 15) is 4.79 Å². The quantitative estimate of drug-likeness (QED) is 0.849. The number of carboxylic acids is 1. The van der Waals surface area contributed by atoms with Gasteiger partial charge in [0, 0.05) is 18.3 Å². The SMILES string of the molecule is CCCN(CC(=O)O)Cc1cccc(-c2ccccn2)c1. The Kier molecular flexibility index (Phi) is 5.46. The molecule has 4 nitrogen and oxygen atoms in total. The van der Waals surface area contributed by atoms with E-state index in [1.165, 1.54) is 0 Å². The molecule has 1 aromatic carbocycles. The number of nitrogens with zero attached hydrogens (tertiary/aromatic N) is 2. The molecule has 1 N–H and O–H groups in total. The first-order valence-corrected chi connectivity index (χ1v) is 7.13. The second-order valence-electron chi connectivity index (χ2n) is 5.02. The van der Waals surface area contributed by atoms with Crippen LogP contribution in [-0.2, 0) is 11.3 Å². The van der Waals surface area contributed by atoms with Gasteiger partial charge in [-0.1, -0.05) is 31.2 Å². The number of benzene rings is 1. The van der Waals surface area contributed by atoms with Crippen molar-refractivity contribution in [3.05, 3.63) is 54.2 Å². The molecule has 0 aliphatic carbocycles. The Morgan fingerprint density at radius 1 is 1.24 bits per heavy atom. The molecule has 0 aliphatic heterocycles. The predicted molar refractivity (Wildman–Crippen MR) is 82.9 cm³/mol. The molecule has 2 rings (SSSR count). The smallest absolute Gasteiger partial charge is 0.317 e. The van der Waals surface area contributed by atoms with E-state index in [0.717, 1.165) is 29.8 Å². The van der Waals surface area contributed by atoms with Crippen LogP contribution in [0.1, 0.15) is 18.9 Å². The van der Waals surface area contributed by atoms with E-state index < -0.39 is 5.97 Å². The number of hydrogen-bond donors (Lipinski definition) is 1. The monoisotopic (exact) mass is 284 g/mol. The average molecular weight is 284 g/mol. The molecule has 0 atom stereocenters. The summed E-state index contributed by atoms with van der Waals surface area (Å²) < 4.78 is 0. The van der Waals surface area contributed by atoms with Crippen molar-refractivity contribution in [3.63, 3.8) is 0 Å². The lowest BCUT2D eigenvalue weighted by atomic mass is 10.1. The summed E-state index contributed by atoms with van der Waals surface area (Å²) in [5.74, 6) is -0.788. The fourth-order valence-electron chi connectivity index (χ4n) is 2.34. The Labute approximate surface area is 125 Å². The van der Waals surface area contributed by atoms with E-state index in [1.54, 1.807) is 6.20 Å². The number of pyridine rings is 1. The molecular weight excluding hydrogens is 264 g/mol. The Morgan fingerprint density at radius 3 is 2.76 bits per heavy atom. The van der Waals surface area contributed by atoms with Crippen molar-refractivity contribution in [2.45, 2.75) is 19.9 Å². The maximum atomic E-state index is 10.9. The lowest BCUT2D eigenvalue weighted by Crippen LogP contribution is -2.30. The zero-order chi connectivity index (χ0) is 15.1. The Morgan fingerprint density at radius 2 is 2.10 bits per heavy atom. The molecule has 110 valence electrons. The molecule has 0 spiro atoms. The summed E-state index contributed by atoms with van der Waals surface area (Å²) in [6.45, 7) is 3.54. The van der Waals surface area contributed by atoms with E-state index in [2.05, 4.69) is 18.0 Å². The van der Waals surface area contributed by atoms with Gasteiger partial charge in [0.25, 0.3) is 0 Å². The first-order valence-electron chi connectivity index (χ1n) is 7.13. The fourth-order valence-corrected chi connectivity index (χ4v) is 2.34. The van der Waals surface area contributed by atoms with Gasteiger partial charge in [0.05, 0.1) is 12.2 Å². The Hall–Kier alpha value is -2.20. The minimum absolute atomic E-state index is 0.0711. The second kappa shape index (κ2) is 7.55. The molecule has 1 aromatic heterocycles. The van der Waals surface area contributed by atoms with Crippen molar-refractivity contribution in [3.8, 4) is 11.3 Å². The third-order valence-corrected chi connectivity index (χ3v) is 3.19. The summed E-state index contributed by atoms with van der Waals surface area (Å²) in [4.78, 5) is 17.2. The van der Waals surface area contributed by atoms with Gasteiger partial charge >= 0.3 is 5.97 Å². The molecule has 0 saturated carbocycles. The standard InChI is InChI=1S/C17H20N2O2/c1-2-10-19(13-17(20)21)12-14-6-5-7-15(11-14)16-8-3-4-9-18-16/h3-9,11H,2,10,12-13H2,1H3,(H,20,21). The summed E-state index contributed by atoms with van der Waals surface area (Å²) >= 11 is 0. The minimum atomic E-state index is -0.788. The van der Waals surface area contributed by atoms with Crippen LogP contribution in [0.15, 0.2) is 48.7 Å². The number of rotatable bonds is 7. The maximum absolute atomic E-state index is 10.9. The highest BCUT2D eigenvalue weighted by atomic mass is 16.4.